The van der Waals surface area contributed by atoms with Gasteiger partial charge in [0.05, 0.1) is 0 Å². The van der Waals surface area contributed by atoms with Gasteiger partial charge in [0.1, 0.15) is 5.78 Å². The molecule has 0 amide bonds. The van der Waals surface area contributed by atoms with Crippen LogP contribution in [-0.2, 0) is 11.2 Å². The first-order chi connectivity index (χ1) is 8.25. The third kappa shape index (κ3) is 3.83. The van der Waals surface area contributed by atoms with Gasteiger partial charge in [-0.1, -0.05) is 23.7 Å². The normalized spacial score (nSPS) is 20.2. The number of nitrogens with one attached hydrogen (secondary N) is 1. The van der Waals surface area contributed by atoms with E-state index in [-0.39, 0.29) is 5.92 Å². The van der Waals surface area contributed by atoms with Crippen molar-refractivity contribution in [1.82, 2.24) is 5.32 Å². The van der Waals surface area contributed by atoms with E-state index in [9.17, 15) is 4.79 Å². The van der Waals surface area contributed by atoms with Crippen LogP contribution < -0.4 is 5.32 Å². The number of hydrogen-bond acceptors (Lipinski definition) is 2. The van der Waals surface area contributed by atoms with E-state index in [1.54, 1.807) is 0 Å². The zero-order chi connectivity index (χ0) is 12.1. The molecule has 0 aromatic heterocycles. The monoisotopic (exact) mass is 251 g/mol. The largest absolute Gasteiger partial charge is 0.316 e. The molecule has 1 aromatic rings. The highest BCUT2D eigenvalue weighted by atomic mass is 35.5. The van der Waals surface area contributed by atoms with Crippen molar-refractivity contribution >= 4 is 17.4 Å². The number of Topliss-reactive ketones (excluding diaryl/α,β-unsaturated/α-hetero) is 1. The first-order valence-corrected chi connectivity index (χ1v) is 6.61. The van der Waals surface area contributed by atoms with E-state index in [2.05, 4.69) is 5.32 Å². The fourth-order valence-electron chi connectivity index (χ4n) is 2.29. The smallest absolute Gasteiger partial charge is 0.137 e. The van der Waals surface area contributed by atoms with E-state index < -0.39 is 0 Å². The Bertz CT molecular complexity index is 386. The van der Waals surface area contributed by atoms with E-state index in [0.717, 1.165) is 42.9 Å². The molecule has 2 nitrogen and oxygen atoms in total. The number of piperidine rings is 1. The highest BCUT2D eigenvalue weighted by Crippen LogP contribution is 2.16. The third-order valence-electron chi connectivity index (χ3n) is 3.30. The molecule has 0 bridgehead atoms. The molecule has 1 atom stereocenters. The van der Waals surface area contributed by atoms with Crippen molar-refractivity contribution in [2.45, 2.75) is 25.7 Å². The molecular weight excluding hydrogens is 234 g/mol. The second kappa shape index (κ2) is 6.18. The number of rotatable bonds is 4. The first kappa shape index (κ1) is 12.6. The summed E-state index contributed by atoms with van der Waals surface area (Å²) in [7, 11) is 0. The second-order valence-corrected chi connectivity index (χ2v) is 5.08. The highest BCUT2D eigenvalue weighted by molar-refractivity contribution is 6.30. The minimum Gasteiger partial charge on any atom is -0.316 e. The summed E-state index contributed by atoms with van der Waals surface area (Å²) in [4.78, 5) is 12.0. The Labute approximate surface area is 107 Å². The van der Waals surface area contributed by atoms with Gasteiger partial charge in [-0.25, -0.2) is 0 Å². The quantitative estimate of drug-likeness (QED) is 0.892. The van der Waals surface area contributed by atoms with Crippen LogP contribution in [0.5, 0.6) is 0 Å². The van der Waals surface area contributed by atoms with Crippen molar-refractivity contribution in [1.29, 1.82) is 0 Å². The maximum absolute atomic E-state index is 12.0. The number of halogens is 1. The summed E-state index contributed by atoms with van der Waals surface area (Å²) >= 11 is 5.91. The van der Waals surface area contributed by atoms with Crippen molar-refractivity contribution in [3.05, 3.63) is 34.9 Å². The zero-order valence-corrected chi connectivity index (χ0v) is 10.7. The van der Waals surface area contributed by atoms with Gasteiger partial charge in [0.15, 0.2) is 0 Å². The van der Waals surface area contributed by atoms with Gasteiger partial charge in [-0.2, -0.15) is 0 Å². The molecular formula is C14H18ClNO. The summed E-state index contributed by atoms with van der Waals surface area (Å²) in [5.41, 5.74) is 1.15. The number of ketones is 1. The lowest BCUT2D eigenvalue weighted by Gasteiger charge is -2.21. The van der Waals surface area contributed by atoms with Crippen LogP contribution in [-0.4, -0.2) is 18.9 Å². The van der Waals surface area contributed by atoms with Gasteiger partial charge < -0.3 is 5.32 Å². The van der Waals surface area contributed by atoms with Crippen LogP contribution in [0, 0.1) is 5.92 Å². The van der Waals surface area contributed by atoms with E-state index in [0.29, 0.717) is 12.2 Å². The standard InChI is InChI=1S/C14H18ClNO/c15-13-5-1-3-11(9-13)6-7-14(17)12-4-2-8-16-10-12/h1,3,5,9,12,16H,2,4,6-8,10H2. The molecule has 1 unspecified atom stereocenters. The summed E-state index contributed by atoms with van der Waals surface area (Å²) in [5.74, 6) is 0.611. The Kier molecular flexibility index (Phi) is 4.57. The molecule has 1 aliphatic rings. The Morgan fingerprint density at radius 2 is 2.35 bits per heavy atom. The molecule has 1 heterocycles. The van der Waals surface area contributed by atoms with Crippen molar-refractivity contribution in [2.24, 2.45) is 5.92 Å². The van der Waals surface area contributed by atoms with Gasteiger partial charge >= 0.3 is 0 Å². The molecule has 0 spiro atoms. The van der Waals surface area contributed by atoms with Gasteiger partial charge in [-0.3, -0.25) is 4.79 Å². The van der Waals surface area contributed by atoms with Crippen molar-refractivity contribution in [2.75, 3.05) is 13.1 Å². The SMILES string of the molecule is O=C(CCc1cccc(Cl)c1)C1CCCNC1. The van der Waals surface area contributed by atoms with E-state index in [1.807, 2.05) is 24.3 Å². The van der Waals surface area contributed by atoms with E-state index in [4.69, 9.17) is 11.6 Å². The van der Waals surface area contributed by atoms with Gasteiger partial charge in [-0.05, 0) is 43.5 Å². The molecule has 1 aliphatic heterocycles. The summed E-state index contributed by atoms with van der Waals surface area (Å²) in [6.07, 6.45) is 3.59. The van der Waals surface area contributed by atoms with Gasteiger partial charge in [0, 0.05) is 23.9 Å². The Morgan fingerprint density at radius 3 is 3.06 bits per heavy atom. The molecule has 17 heavy (non-hydrogen) atoms. The van der Waals surface area contributed by atoms with Crippen LogP contribution in [0.15, 0.2) is 24.3 Å². The number of aryl methyl sites for hydroxylation is 1. The molecule has 0 radical (unpaired) electrons. The minimum absolute atomic E-state index is 0.225. The van der Waals surface area contributed by atoms with Crippen LogP contribution >= 0.6 is 11.6 Å². The number of hydrogen-bond donors (Lipinski definition) is 1. The van der Waals surface area contributed by atoms with Crippen LogP contribution in [0.25, 0.3) is 0 Å². The second-order valence-electron chi connectivity index (χ2n) is 4.64. The predicted octanol–water partition coefficient (Wildman–Crippen LogP) is 2.84. The fourth-order valence-corrected chi connectivity index (χ4v) is 2.50. The summed E-state index contributed by atoms with van der Waals surface area (Å²) in [6, 6.07) is 7.76. The molecule has 92 valence electrons. The van der Waals surface area contributed by atoms with Crippen LogP contribution in [0.1, 0.15) is 24.8 Å². The van der Waals surface area contributed by atoms with E-state index >= 15 is 0 Å². The Balaban J connectivity index is 1.83. The lowest BCUT2D eigenvalue weighted by Crippen LogP contribution is -2.34. The molecule has 0 saturated carbocycles. The molecule has 0 aliphatic carbocycles. The topological polar surface area (TPSA) is 29.1 Å². The summed E-state index contributed by atoms with van der Waals surface area (Å²) in [5, 5.41) is 4.03. The van der Waals surface area contributed by atoms with Crippen molar-refractivity contribution in [3.8, 4) is 0 Å². The lowest BCUT2D eigenvalue weighted by molar-refractivity contribution is -0.123. The molecule has 1 aromatic carbocycles. The molecule has 1 saturated heterocycles. The fraction of sp³-hybridized carbons (Fsp3) is 0.500. The predicted molar refractivity (Wildman–Crippen MR) is 70.4 cm³/mol. The Morgan fingerprint density at radius 1 is 1.47 bits per heavy atom. The first-order valence-electron chi connectivity index (χ1n) is 6.23. The van der Waals surface area contributed by atoms with Crippen LogP contribution in [0.4, 0.5) is 0 Å². The van der Waals surface area contributed by atoms with E-state index in [1.165, 1.54) is 0 Å². The Hall–Kier alpha value is -0.860. The average Bonchev–Trinajstić information content (AvgIpc) is 2.37. The van der Waals surface area contributed by atoms with Gasteiger partial charge in [0.25, 0.3) is 0 Å². The van der Waals surface area contributed by atoms with Crippen molar-refractivity contribution < 1.29 is 4.79 Å². The summed E-state index contributed by atoms with van der Waals surface area (Å²) in [6.45, 7) is 1.91. The average molecular weight is 252 g/mol. The zero-order valence-electron chi connectivity index (χ0n) is 9.92. The van der Waals surface area contributed by atoms with Gasteiger partial charge in [0.2, 0.25) is 0 Å². The van der Waals surface area contributed by atoms with Crippen molar-refractivity contribution in [3.63, 3.8) is 0 Å². The number of carbonyl (C=O) groups excluding carboxylic acids is 1. The molecule has 2 rings (SSSR count). The summed E-state index contributed by atoms with van der Waals surface area (Å²) < 4.78 is 0. The third-order valence-corrected chi connectivity index (χ3v) is 3.54. The molecule has 1 N–H and O–H groups in total. The maximum Gasteiger partial charge on any atom is 0.137 e. The van der Waals surface area contributed by atoms with Gasteiger partial charge in [-0.15, -0.1) is 0 Å². The van der Waals surface area contributed by atoms with Crippen LogP contribution in [0.2, 0.25) is 5.02 Å². The van der Waals surface area contributed by atoms with Crippen LogP contribution in [0.3, 0.4) is 0 Å². The number of benzene rings is 1. The number of carbonyl (C=O) groups is 1. The maximum atomic E-state index is 12.0. The molecule has 1 fully saturated rings. The minimum atomic E-state index is 0.225. The highest BCUT2D eigenvalue weighted by Gasteiger charge is 2.20. The molecule has 3 heteroatoms. The lowest BCUT2D eigenvalue weighted by atomic mass is 9.92.